The van der Waals surface area contributed by atoms with Crippen LogP contribution in [0.2, 0.25) is 0 Å². The van der Waals surface area contributed by atoms with Gasteiger partial charge in [-0.05, 0) is 58.4 Å². The van der Waals surface area contributed by atoms with Crippen LogP contribution in [0.1, 0.15) is 89.1 Å². The summed E-state index contributed by atoms with van der Waals surface area (Å²) in [5, 5.41) is 9.41. The maximum absolute atomic E-state index is 14.3. The highest BCUT2D eigenvalue weighted by Gasteiger charge is 2.36. The first-order chi connectivity index (χ1) is 23.8. The van der Waals surface area contributed by atoms with Crippen LogP contribution in [0.4, 0.5) is 35.3 Å². The second-order valence-corrected chi connectivity index (χ2v) is 14.5. The summed E-state index contributed by atoms with van der Waals surface area (Å²) in [6.45, 7) is 16.1. The quantitative estimate of drug-likeness (QED) is 0.206. The smallest absolute Gasteiger partial charge is 0.416 e. The Morgan fingerprint density at radius 3 is 2.33 bits per heavy atom. The minimum Gasteiger partial charge on any atom is -0.444 e. The number of alkyl halides is 3. The van der Waals surface area contributed by atoms with Crippen molar-refractivity contribution in [1.29, 1.82) is 0 Å². The van der Waals surface area contributed by atoms with Crippen molar-refractivity contribution >= 4 is 29.3 Å². The van der Waals surface area contributed by atoms with Gasteiger partial charge in [0.15, 0.2) is 5.82 Å². The molecule has 1 fully saturated rings. The number of aromatic nitrogens is 5. The summed E-state index contributed by atoms with van der Waals surface area (Å²) in [5.41, 5.74) is -0.809. The third-order valence-electron chi connectivity index (χ3n) is 8.04. The van der Waals surface area contributed by atoms with E-state index in [2.05, 4.69) is 40.6 Å². The maximum atomic E-state index is 14.3. The van der Waals surface area contributed by atoms with Gasteiger partial charge in [-0.15, -0.1) is 0 Å². The number of benzene rings is 1. The molecule has 0 bridgehead atoms. The number of hydrogen-bond acceptors (Lipinski definition) is 11. The fourth-order valence-electron chi connectivity index (χ4n) is 5.47. The van der Waals surface area contributed by atoms with Crippen LogP contribution in [-0.2, 0) is 16.3 Å². The number of carbonyl (C=O) groups is 2. The SMILES string of the molecule is C[C@@H](NC(=O)c1nc(C(C)(C)C)no1)c1ccc(-c2cc(Nc3ccc(N4CCN(C(=O)OC(C)(C)C)C[C@@H]4C)cn3)ncn2)cc1C(F)(F)F. The molecule has 2 N–H and O–H groups in total. The number of amides is 2. The molecule has 5 rings (SSSR count). The number of halogens is 3. The summed E-state index contributed by atoms with van der Waals surface area (Å²) in [6, 6.07) is 7.97. The summed E-state index contributed by atoms with van der Waals surface area (Å²) < 4.78 is 53.6. The zero-order valence-corrected chi connectivity index (χ0v) is 29.8. The number of carbonyl (C=O) groups excluding carboxylic acids is 2. The highest BCUT2D eigenvalue weighted by molar-refractivity contribution is 5.89. The average molecular weight is 710 g/mol. The first kappa shape index (κ1) is 37.0. The summed E-state index contributed by atoms with van der Waals surface area (Å²) in [4.78, 5) is 46.1. The highest BCUT2D eigenvalue weighted by atomic mass is 19.4. The Bertz CT molecular complexity index is 1870. The van der Waals surface area contributed by atoms with Crippen LogP contribution in [0.5, 0.6) is 0 Å². The number of pyridine rings is 1. The lowest BCUT2D eigenvalue weighted by Crippen LogP contribution is -2.54. The van der Waals surface area contributed by atoms with Crippen molar-refractivity contribution in [3.05, 3.63) is 71.8 Å². The molecule has 0 spiro atoms. The first-order valence-electron chi connectivity index (χ1n) is 16.4. The lowest BCUT2D eigenvalue weighted by Gasteiger charge is -2.41. The predicted molar refractivity (Wildman–Crippen MR) is 183 cm³/mol. The van der Waals surface area contributed by atoms with Crippen molar-refractivity contribution in [1.82, 2.24) is 35.3 Å². The van der Waals surface area contributed by atoms with Crippen molar-refractivity contribution < 1.29 is 32.0 Å². The third-order valence-corrected chi connectivity index (χ3v) is 8.04. The van der Waals surface area contributed by atoms with E-state index in [1.54, 1.807) is 17.2 Å². The Hall–Kier alpha value is -5.28. The Kier molecular flexibility index (Phi) is 10.3. The van der Waals surface area contributed by atoms with Gasteiger partial charge in [0, 0.05) is 42.7 Å². The Balaban J connectivity index is 1.27. The van der Waals surface area contributed by atoms with Gasteiger partial charge in [0.1, 0.15) is 23.6 Å². The molecule has 0 aliphatic carbocycles. The van der Waals surface area contributed by atoms with E-state index in [-0.39, 0.29) is 34.8 Å². The molecule has 51 heavy (non-hydrogen) atoms. The van der Waals surface area contributed by atoms with Gasteiger partial charge < -0.3 is 29.7 Å². The van der Waals surface area contributed by atoms with E-state index < -0.39 is 34.7 Å². The summed E-state index contributed by atoms with van der Waals surface area (Å²) in [7, 11) is 0. The molecule has 4 aromatic rings. The molecule has 0 saturated carbocycles. The van der Waals surface area contributed by atoms with Gasteiger partial charge >= 0.3 is 24.1 Å². The highest BCUT2D eigenvalue weighted by Crippen LogP contribution is 2.37. The van der Waals surface area contributed by atoms with Gasteiger partial charge in [0.2, 0.25) is 0 Å². The number of rotatable bonds is 7. The number of hydrogen-bond donors (Lipinski definition) is 2. The Labute approximate surface area is 294 Å². The first-order valence-corrected chi connectivity index (χ1v) is 16.4. The van der Waals surface area contributed by atoms with E-state index in [4.69, 9.17) is 9.26 Å². The largest absolute Gasteiger partial charge is 0.444 e. The van der Waals surface area contributed by atoms with Gasteiger partial charge in [0.05, 0.1) is 29.2 Å². The number of ether oxygens (including phenoxy) is 1. The van der Waals surface area contributed by atoms with Crippen LogP contribution in [0.25, 0.3) is 11.3 Å². The van der Waals surface area contributed by atoms with E-state index in [0.717, 1.165) is 11.8 Å². The van der Waals surface area contributed by atoms with Gasteiger partial charge in [-0.2, -0.15) is 18.2 Å². The van der Waals surface area contributed by atoms with Gasteiger partial charge in [-0.25, -0.2) is 19.7 Å². The average Bonchev–Trinajstić information content (AvgIpc) is 3.56. The lowest BCUT2D eigenvalue weighted by atomic mass is 9.96. The second kappa shape index (κ2) is 14.2. The molecule has 13 nitrogen and oxygen atoms in total. The van der Waals surface area contributed by atoms with E-state index in [0.29, 0.717) is 37.1 Å². The molecule has 0 unspecified atom stereocenters. The standard InChI is InChI=1S/C35H42F3N9O4/c1-20-18-46(32(49)50-34(6,7)8)13-14-47(20)23-10-12-27(39-17-23)43-28-16-26(40-19-41-28)22-9-11-24(25(15-22)35(36,37)38)21(2)42-29(48)30-44-31(45-51-30)33(3,4)5/h9-12,15-17,19-21H,13-14,18H2,1-8H3,(H,42,48)(H,39,40,41,43)/t20-,21+/m0/s1. The van der Waals surface area contributed by atoms with Gasteiger partial charge in [-0.1, -0.05) is 38.1 Å². The van der Waals surface area contributed by atoms with Crippen LogP contribution in [-0.4, -0.2) is 73.3 Å². The molecule has 16 heteroatoms. The number of piperazine rings is 1. The molecule has 0 radical (unpaired) electrons. The van der Waals surface area contributed by atoms with E-state index >= 15 is 0 Å². The van der Waals surface area contributed by atoms with Crippen LogP contribution in [0.15, 0.2) is 53.4 Å². The summed E-state index contributed by atoms with van der Waals surface area (Å²) >= 11 is 0. The Morgan fingerprint density at radius 1 is 0.980 bits per heavy atom. The molecular formula is C35H42F3N9O4. The van der Waals surface area contributed by atoms with Crippen LogP contribution in [0.3, 0.4) is 0 Å². The molecule has 3 aromatic heterocycles. The lowest BCUT2D eigenvalue weighted by molar-refractivity contribution is -0.138. The summed E-state index contributed by atoms with van der Waals surface area (Å²) in [6.07, 6.45) is -2.11. The Morgan fingerprint density at radius 2 is 1.73 bits per heavy atom. The van der Waals surface area contributed by atoms with Crippen molar-refractivity contribution in [2.75, 3.05) is 29.9 Å². The zero-order valence-electron chi connectivity index (χ0n) is 29.8. The monoisotopic (exact) mass is 709 g/mol. The number of nitrogens with zero attached hydrogens (tertiary/aromatic N) is 7. The normalized spacial score (nSPS) is 16.1. The van der Waals surface area contributed by atoms with Crippen LogP contribution in [0, 0.1) is 0 Å². The van der Waals surface area contributed by atoms with Gasteiger partial charge in [-0.3, -0.25) is 4.79 Å². The molecule has 2 amide bonds. The van der Waals surface area contributed by atoms with Crippen molar-refractivity contribution in [3.8, 4) is 11.3 Å². The van der Waals surface area contributed by atoms with E-state index in [9.17, 15) is 22.8 Å². The van der Waals surface area contributed by atoms with Crippen LogP contribution < -0.4 is 15.5 Å². The number of anilines is 3. The second-order valence-electron chi connectivity index (χ2n) is 14.5. The van der Waals surface area contributed by atoms with E-state index in [1.165, 1.54) is 31.5 Å². The molecule has 2 atom stereocenters. The minimum atomic E-state index is -4.73. The predicted octanol–water partition coefficient (Wildman–Crippen LogP) is 6.92. The topological polar surface area (TPSA) is 152 Å². The fourth-order valence-corrected chi connectivity index (χ4v) is 5.47. The van der Waals surface area contributed by atoms with Crippen molar-refractivity contribution in [2.24, 2.45) is 0 Å². The van der Waals surface area contributed by atoms with Crippen LogP contribution >= 0.6 is 0 Å². The number of nitrogens with one attached hydrogen (secondary N) is 2. The minimum absolute atomic E-state index is 0.0236. The molecule has 1 saturated heterocycles. The van der Waals surface area contributed by atoms with Gasteiger partial charge in [0.25, 0.3) is 0 Å². The molecule has 1 aliphatic heterocycles. The van der Waals surface area contributed by atoms with E-state index in [1.807, 2.05) is 54.5 Å². The zero-order chi connectivity index (χ0) is 37.3. The van der Waals surface area contributed by atoms with Crippen molar-refractivity contribution in [2.45, 2.75) is 84.7 Å². The maximum Gasteiger partial charge on any atom is 0.416 e. The fraction of sp³-hybridized carbons (Fsp3) is 0.457. The molecular weight excluding hydrogens is 667 g/mol. The molecule has 1 aromatic carbocycles. The molecule has 4 heterocycles. The molecule has 1 aliphatic rings. The molecule has 272 valence electrons. The third kappa shape index (κ3) is 9.10. The summed E-state index contributed by atoms with van der Waals surface area (Å²) in [5.74, 6) is -0.0306. The van der Waals surface area contributed by atoms with Crippen molar-refractivity contribution in [3.63, 3.8) is 0 Å².